The van der Waals surface area contributed by atoms with Crippen LogP contribution in [0, 0.1) is 5.92 Å². The van der Waals surface area contributed by atoms with Gasteiger partial charge in [-0.2, -0.15) is 0 Å². The van der Waals surface area contributed by atoms with E-state index in [0.717, 1.165) is 15.7 Å². The summed E-state index contributed by atoms with van der Waals surface area (Å²) in [6, 6.07) is 13.0. The largest absolute Gasteiger partial charge is 0.350 e. The number of nitrogens with zero attached hydrogens (tertiary/aromatic N) is 1. The van der Waals surface area contributed by atoms with Crippen LogP contribution in [0.5, 0.6) is 0 Å². The van der Waals surface area contributed by atoms with Crippen molar-refractivity contribution >= 4 is 39.1 Å². The first kappa shape index (κ1) is 16.1. The van der Waals surface area contributed by atoms with E-state index in [0.29, 0.717) is 23.7 Å². The van der Waals surface area contributed by atoms with E-state index in [1.807, 2.05) is 36.4 Å². The maximum atomic E-state index is 13.4. The lowest BCUT2D eigenvalue weighted by Gasteiger charge is -2.36. The van der Waals surface area contributed by atoms with E-state index in [2.05, 4.69) is 40.4 Å². The van der Waals surface area contributed by atoms with Crippen molar-refractivity contribution in [1.29, 1.82) is 0 Å². The van der Waals surface area contributed by atoms with Crippen LogP contribution in [0.1, 0.15) is 29.8 Å². The third-order valence-corrected chi connectivity index (χ3v) is 5.06. The molecule has 0 saturated carbocycles. The zero-order chi connectivity index (χ0) is 17.8. The number of anilines is 2. The molecule has 1 spiro atoms. The van der Waals surface area contributed by atoms with E-state index in [1.54, 1.807) is 11.0 Å². The smallest absolute Gasteiger partial charge is 0.278 e. The highest BCUT2D eigenvalue weighted by Gasteiger charge is 2.54. The summed E-state index contributed by atoms with van der Waals surface area (Å²) in [6.45, 7) is 4.73. The molecular formula is C19H18BrN3O2. The lowest BCUT2D eigenvalue weighted by molar-refractivity contribution is -0.123. The Morgan fingerprint density at radius 2 is 1.88 bits per heavy atom. The molecule has 0 bridgehead atoms. The molecule has 2 amide bonds. The molecule has 2 aromatic rings. The molecule has 4 rings (SSSR count). The van der Waals surface area contributed by atoms with Gasteiger partial charge in [-0.3, -0.25) is 9.59 Å². The van der Waals surface area contributed by atoms with Crippen molar-refractivity contribution in [3.05, 3.63) is 58.1 Å². The Bertz CT molecular complexity index is 896. The Morgan fingerprint density at radius 1 is 1.12 bits per heavy atom. The van der Waals surface area contributed by atoms with E-state index in [9.17, 15) is 9.59 Å². The zero-order valence-electron chi connectivity index (χ0n) is 14.0. The van der Waals surface area contributed by atoms with Gasteiger partial charge in [-0.1, -0.05) is 41.9 Å². The third-order valence-electron chi connectivity index (χ3n) is 4.56. The van der Waals surface area contributed by atoms with Gasteiger partial charge in [0.15, 0.2) is 0 Å². The first-order chi connectivity index (χ1) is 11.9. The first-order valence-electron chi connectivity index (χ1n) is 8.24. The highest BCUT2D eigenvalue weighted by atomic mass is 79.9. The van der Waals surface area contributed by atoms with Crippen molar-refractivity contribution in [3.8, 4) is 0 Å². The Labute approximate surface area is 154 Å². The number of benzene rings is 2. The van der Waals surface area contributed by atoms with Crippen LogP contribution in [0.15, 0.2) is 46.9 Å². The van der Waals surface area contributed by atoms with E-state index < -0.39 is 5.66 Å². The van der Waals surface area contributed by atoms with Crippen LogP contribution < -0.4 is 15.5 Å². The minimum atomic E-state index is -1.26. The molecule has 0 saturated heterocycles. The van der Waals surface area contributed by atoms with Gasteiger partial charge in [-0.25, -0.2) is 0 Å². The van der Waals surface area contributed by atoms with Gasteiger partial charge in [0.25, 0.3) is 11.8 Å². The standard InChI is InChI=1S/C19H18BrN3O2/c1-11(2)10-23-16-8-7-12(20)9-14(16)19(18(23)25)21-15-6-4-3-5-13(15)17(24)22-19/h3-9,11,21H,10H2,1-2H3,(H,22,24). The van der Waals surface area contributed by atoms with Crippen molar-refractivity contribution in [1.82, 2.24) is 5.32 Å². The summed E-state index contributed by atoms with van der Waals surface area (Å²) in [7, 11) is 0. The predicted molar refractivity (Wildman–Crippen MR) is 101 cm³/mol. The fourth-order valence-corrected chi connectivity index (χ4v) is 3.88. The fourth-order valence-electron chi connectivity index (χ4n) is 3.52. The van der Waals surface area contributed by atoms with E-state index in [-0.39, 0.29) is 11.8 Å². The van der Waals surface area contributed by atoms with Gasteiger partial charge < -0.3 is 15.5 Å². The summed E-state index contributed by atoms with van der Waals surface area (Å²) in [5.74, 6) is -0.0978. The summed E-state index contributed by atoms with van der Waals surface area (Å²) in [4.78, 5) is 27.8. The van der Waals surface area contributed by atoms with Crippen molar-refractivity contribution in [2.45, 2.75) is 19.5 Å². The van der Waals surface area contributed by atoms with E-state index in [1.165, 1.54) is 0 Å². The van der Waals surface area contributed by atoms with Crippen LogP contribution in [0.25, 0.3) is 0 Å². The second kappa shape index (κ2) is 5.59. The molecule has 25 heavy (non-hydrogen) atoms. The Balaban J connectivity index is 1.89. The normalized spacial score (nSPS) is 21.2. The highest BCUT2D eigenvalue weighted by molar-refractivity contribution is 9.10. The number of carbonyl (C=O) groups excluding carboxylic acids is 2. The second-order valence-corrected chi connectivity index (χ2v) is 7.76. The number of nitrogens with one attached hydrogen (secondary N) is 2. The van der Waals surface area contributed by atoms with Crippen molar-refractivity contribution in [2.75, 3.05) is 16.8 Å². The molecule has 0 aliphatic carbocycles. The molecule has 1 unspecified atom stereocenters. The molecule has 0 fully saturated rings. The number of rotatable bonds is 2. The molecule has 128 valence electrons. The summed E-state index contributed by atoms with van der Waals surface area (Å²) in [6.07, 6.45) is 0. The van der Waals surface area contributed by atoms with Crippen LogP contribution in [-0.4, -0.2) is 18.4 Å². The molecule has 5 nitrogen and oxygen atoms in total. The van der Waals surface area contributed by atoms with Gasteiger partial charge in [0, 0.05) is 22.3 Å². The highest BCUT2D eigenvalue weighted by Crippen LogP contribution is 2.44. The van der Waals surface area contributed by atoms with Gasteiger partial charge in [0.2, 0.25) is 5.66 Å². The first-order valence-corrected chi connectivity index (χ1v) is 9.03. The molecule has 2 aliphatic rings. The van der Waals surface area contributed by atoms with Crippen LogP contribution >= 0.6 is 15.9 Å². The zero-order valence-corrected chi connectivity index (χ0v) is 15.6. The maximum Gasteiger partial charge on any atom is 0.278 e. The Morgan fingerprint density at radius 3 is 2.64 bits per heavy atom. The SMILES string of the molecule is CC(C)CN1C(=O)C2(NC(=O)c3ccccc3N2)c2cc(Br)ccc21. The molecule has 2 aromatic carbocycles. The molecule has 6 heteroatoms. The molecule has 2 aliphatic heterocycles. The Hall–Kier alpha value is -2.34. The van der Waals surface area contributed by atoms with Crippen molar-refractivity contribution < 1.29 is 9.59 Å². The van der Waals surface area contributed by atoms with E-state index in [4.69, 9.17) is 0 Å². The monoisotopic (exact) mass is 399 g/mol. The minimum absolute atomic E-state index is 0.155. The summed E-state index contributed by atoms with van der Waals surface area (Å²) < 4.78 is 0.861. The summed E-state index contributed by atoms with van der Waals surface area (Å²) in [5, 5.41) is 6.22. The maximum absolute atomic E-state index is 13.4. The molecule has 2 heterocycles. The average Bonchev–Trinajstić information content (AvgIpc) is 2.77. The topological polar surface area (TPSA) is 61.4 Å². The van der Waals surface area contributed by atoms with Gasteiger partial charge in [0.1, 0.15) is 0 Å². The molecule has 0 aromatic heterocycles. The van der Waals surface area contributed by atoms with Crippen LogP contribution in [0.3, 0.4) is 0 Å². The van der Waals surface area contributed by atoms with Gasteiger partial charge in [-0.15, -0.1) is 0 Å². The minimum Gasteiger partial charge on any atom is -0.350 e. The predicted octanol–water partition coefficient (Wildman–Crippen LogP) is 3.46. The van der Waals surface area contributed by atoms with Crippen LogP contribution in [0.4, 0.5) is 11.4 Å². The van der Waals surface area contributed by atoms with Crippen LogP contribution in [0.2, 0.25) is 0 Å². The van der Waals surface area contributed by atoms with Gasteiger partial charge in [-0.05, 0) is 36.2 Å². The average molecular weight is 400 g/mol. The summed E-state index contributed by atoms with van der Waals surface area (Å²) in [5.41, 5.74) is 1.53. The third kappa shape index (κ3) is 2.35. The molecular weight excluding hydrogens is 382 g/mol. The second-order valence-electron chi connectivity index (χ2n) is 6.85. The quantitative estimate of drug-likeness (QED) is 0.812. The Kier molecular flexibility index (Phi) is 3.61. The number of hydrogen-bond acceptors (Lipinski definition) is 3. The summed E-state index contributed by atoms with van der Waals surface area (Å²) >= 11 is 3.48. The lowest BCUT2D eigenvalue weighted by Crippen LogP contribution is -2.60. The number of hydrogen-bond donors (Lipinski definition) is 2. The van der Waals surface area contributed by atoms with Gasteiger partial charge >= 0.3 is 0 Å². The molecule has 1 atom stereocenters. The van der Waals surface area contributed by atoms with Crippen molar-refractivity contribution in [2.24, 2.45) is 5.92 Å². The molecule has 2 N–H and O–H groups in total. The number of fused-ring (bicyclic) bond motifs is 3. The number of carbonyl (C=O) groups is 2. The van der Waals surface area contributed by atoms with Crippen molar-refractivity contribution in [3.63, 3.8) is 0 Å². The number of para-hydroxylation sites is 1. The number of halogens is 1. The van der Waals surface area contributed by atoms with Gasteiger partial charge in [0.05, 0.1) is 11.3 Å². The fraction of sp³-hybridized carbons (Fsp3) is 0.263. The lowest BCUT2D eigenvalue weighted by atomic mass is 9.95. The van der Waals surface area contributed by atoms with Crippen LogP contribution in [-0.2, 0) is 10.5 Å². The van der Waals surface area contributed by atoms with E-state index >= 15 is 0 Å². The molecule has 0 radical (unpaired) electrons. The number of amides is 2.